The number of benzene rings is 2. The van der Waals surface area contributed by atoms with Crippen LogP contribution in [0, 0.1) is 17.8 Å². The molecule has 1 aliphatic carbocycles. The van der Waals surface area contributed by atoms with Crippen LogP contribution in [-0.4, -0.2) is 11.2 Å². The number of hydrogen-bond donors (Lipinski definition) is 1. The zero-order valence-electron chi connectivity index (χ0n) is 18.3. The van der Waals surface area contributed by atoms with E-state index in [0.717, 1.165) is 18.4 Å². The lowest BCUT2D eigenvalue weighted by molar-refractivity contribution is 0.0469. The normalized spacial score (nSPS) is 25.0. The van der Waals surface area contributed by atoms with Crippen molar-refractivity contribution in [3.63, 3.8) is 0 Å². The second-order valence-corrected chi connectivity index (χ2v) is 12.3. The van der Waals surface area contributed by atoms with Crippen LogP contribution in [0.4, 0.5) is 0 Å². The Morgan fingerprint density at radius 3 is 2.28 bits per heavy atom. The van der Waals surface area contributed by atoms with Crippen molar-refractivity contribution < 1.29 is 14.2 Å². The summed E-state index contributed by atoms with van der Waals surface area (Å²) in [5.74, 6) is 1.43. The van der Waals surface area contributed by atoms with Gasteiger partial charge in [0.25, 0.3) is 0 Å². The Bertz CT molecular complexity index is 859. The van der Waals surface area contributed by atoms with Crippen LogP contribution in [-0.2, 0) is 14.2 Å². The molecule has 3 nitrogen and oxygen atoms in total. The molecular formula is C25H35O3P. The minimum absolute atomic E-state index is 0.0461. The average molecular weight is 415 g/mol. The van der Waals surface area contributed by atoms with E-state index in [2.05, 4.69) is 20.8 Å². The van der Waals surface area contributed by atoms with Crippen LogP contribution in [0.2, 0.25) is 0 Å². The molecule has 1 fully saturated rings. The van der Waals surface area contributed by atoms with Crippen LogP contribution in [0.1, 0.15) is 59.4 Å². The zero-order valence-corrected chi connectivity index (χ0v) is 19.2. The maximum absolute atomic E-state index is 14.8. The van der Waals surface area contributed by atoms with Gasteiger partial charge in [0, 0.05) is 0 Å². The Hall–Kier alpha value is -1.57. The fourth-order valence-electron chi connectivity index (χ4n) is 4.65. The molecule has 3 rings (SSSR count). The maximum Gasteiger partial charge on any atom is 0.245 e. The van der Waals surface area contributed by atoms with Crippen molar-refractivity contribution in [3.05, 3.63) is 60.2 Å². The number of para-hydroxylation sites is 1. The molecule has 0 aromatic heterocycles. The van der Waals surface area contributed by atoms with Gasteiger partial charge in [-0.1, -0.05) is 69.7 Å². The van der Waals surface area contributed by atoms with E-state index in [1.807, 2.05) is 50.2 Å². The molecule has 1 unspecified atom stereocenters. The van der Waals surface area contributed by atoms with E-state index in [1.54, 1.807) is 18.2 Å². The van der Waals surface area contributed by atoms with Crippen molar-refractivity contribution >= 4 is 12.7 Å². The molecule has 0 bridgehead atoms. The van der Waals surface area contributed by atoms with Gasteiger partial charge in [0.05, 0.1) is 16.6 Å². The summed E-state index contributed by atoms with van der Waals surface area (Å²) in [5, 5.41) is 10.3. The highest BCUT2D eigenvalue weighted by atomic mass is 31.2. The first-order chi connectivity index (χ1) is 13.7. The highest BCUT2D eigenvalue weighted by Crippen LogP contribution is 2.65. The molecule has 2 aromatic rings. The predicted octanol–water partition coefficient (Wildman–Crippen LogP) is 6.71. The summed E-state index contributed by atoms with van der Waals surface area (Å²) in [6.45, 7) is 10.7. The molecule has 2 aromatic carbocycles. The molecule has 0 spiro atoms. The smallest absolute Gasteiger partial charge is 0.245 e. The van der Waals surface area contributed by atoms with Gasteiger partial charge in [-0.3, -0.25) is 4.57 Å². The van der Waals surface area contributed by atoms with Gasteiger partial charge in [-0.05, 0) is 62.1 Å². The average Bonchev–Trinajstić information content (AvgIpc) is 2.68. The highest BCUT2D eigenvalue weighted by molar-refractivity contribution is 7.68. The number of rotatable bonds is 6. The minimum atomic E-state index is -3.46. The van der Waals surface area contributed by atoms with Crippen molar-refractivity contribution in [1.82, 2.24) is 0 Å². The van der Waals surface area contributed by atoms with Gasteiger partial charge in [-0.15, -0.1) is 0 Å². The molecule has 0 aliphatic heterocycles. The second kappa shape index (κ2) is 8.66. The van der Waals surface area contributed by atoms with Crippen molar-refractivity contribution in [2.75, 3.05) is 0 Å². The van der Waals surface area contributed by atoms with Crippen LogP contribution in [0.5, 0.6) is 5.75 Å². The van der Waals surface area contributed by atoms with Crippen LogP contribution in [0.15, 0.2) is 54.6 Å². The Morgan fingerprint density at radius 1 is 1.03 bits per heavy atom. The van der Waals surface area contributed by atoms with Crippen LogP contribution in [0.25, 0.3) is 0 Å². The van der Waals surface area contributed by atoms with Crippen molar-refractivity contribution in [2.45, 2.75) is 65.1 Å². The van der Waals surface area contributed by atoms with Crippen LogP contribution < -0.4 is 5.30 Å². The van der Waals surface area contributed by atoms with E-state index < -0.39 is 12.5 Å². The topological polar surface area (TPSA) is 46.5 Å². The monoisotopic (exact) mass is 414 g/mol. The molecule has 158 valence electrons. The fourth-order valence-corrected chi connectivity index (χ4v) is 7.40. The summed E-state index contributed by atoms with van der Waals surface area (Å²) in [6, 6.07) is 16.8. The molecule has 1 N–H and O–H groups in total. The first kappa shape index (κ1) is 22.1. The van der Waals surface area contributed by atoms with E-state index in [1.165, 1.54) is 6.42 Å². The Labute approximate surface area is 176 Å². The second-order valence-electron chi connectivity index (χ2n) is 9.44. The predicted molar refractivity (Wildman–Crippen MR) is 121 cm³/mol. The van der Waals surface area contributed by atoms with Crippen LogP contribution >= 0.6 is 7.37 Å². The van der Waals surface area contributed by atoms with Crippen molar-refractivity contribution in [1.29, 1.82) is 0 Å². The molecule has 0 amide bonds. The van der Waals surface area contributed by atoms with E-state index in [0.29, 0.717) is 23.1 Å². The summed E-state index contributed by atoms with van der Waals surface area (Å²) in [7, 11) is -3.46. The highest BCUT2D eigenvalue weighted by Gasteiger charge is 2.49. The Kier molecular flexibility index (Phi) is 6.61. The van der Waals surface area contributed by atoms with E-state index >= 15 is 0 Å². The van der Waals surface area contributed by atoms with Crippen LogP contribution in [0.3, 0.4) is 0 Å². The van der Waals surface area contributed by atoms with Gasteiger partial charge in [-0.25, -0.2) is 0 Å². The minimum Gasteiger partial charge on any atom is -0.507 e. The quantitative estimate of drug-likeness (QED) is 0.535. The Balaban J connectivity index is 2.11. The largest absolute Gasteiger partial charge is 0.507 e. The summed E-state index contributed by atoms with van der Waals surface area (Å²) < 4.78 is 21.5. The molecule has 4 heteroatoms. The van der Waals surface area contributed by atoms with Gasteiger partial charge in [0.2, 0.25) is 7.37 Å². The van der Waals surface area contributed by atoms with Gasteiger partial charge < -0.3 is 9.63 Å². The first-order valence-corrected chi connectivity index (χ1v) is 12.4. The lowest BCUT2D eigenvalue weighted by Gasteiger charge is -2.43. The van der Waals surface area contributed by atoms with Gasteiger partial charge in [-0.2, -0.15) is 0 Å². The van der Waals surface area contributed by atoms with Gasteiger partial charge >= 0.3 is 0 Å². The van der Waals surface area contributed by atoms with Crippen molar-refractivity contribution in [2.24, 2.45) is 17.8 Å². The lowest BCUT2D eigenvalue weighted by atomic mass is 9.75. The number of phenolic OH excluding ortho intramolecular Hbond substituents is 1. The summed E-state index contributed by atoms with van der Waals surface area (Å²) in [6.07, 6.45) is 3.11. The van der Waals surface area contributed by atoms with Gasteiger partial charge in [0.15, 0.2) is 0 Å². The molecule has 4 atom stereocenters. The molecule has 0 saturated heterocycles. The number of aromatic hydroxyl groups is 1. The third-order valence-electron chi connectivity index (χ3n) is 6.66. The van der Waals surface area contributed by atoms with Gasteiger partial charge in [0.1, 0.15) is 5.75 Å². The fraction of sp³-hybridized carbons (Fsp3) is 0.520. The maximum atomic E-state index is 14.8. The molecule has 1 saturated carbocycles. The Morgan fingerprint density at radius 2 is 1.66 bits per heavy atom. The lowest BCUT2D eigenvalue weighted by Crippen LogP contribution is -2.37. The van der Waals surface area contributed by atoms with Crippen molar-refractivity contribution in [3.8, 4) is 5.75 Å². The SMILES string of the molecule is CC(C)[C@@H]1CC[C@@H](C)C[C@H]1OP(=O)(c1ccccc1O)C(C)(C)c1ccccc1. The summed E-state index contributed by atoms with van der Waals surface area (Å²) in [4.78, 5) is 0. The first-order valence-electron chi connectivity index (χ1n) is 10.8. The number of phenols is 1. The number of hydrogen-bond acceptors (Lipinski definition) is 3. The molecule has 0 radical (unpaired) electrons. The zero-order chi connectivity index (χ0) is 21.2. The summed E-state index contributed by atoms with van der Waals surface area (Å²) >= 11 is 0. The summed E-state index contributed by atoms with van der Waals surface area (Å²) in [5.41, 5.74) is 0.955. The van der Waals surface area contributed by atoms with E-state index in [9.17, 15) is 9.67 Å². The third-order valence-corrected chi connectivity index (χ3v) is 9.97. The molecular weight excluding hydrogens is 379 g/mol. The van der Waals surface area contributed by atoms with E-state index in [-0.39, 0.29) is 11.9 Å². The molecule has 29 heavy (non-hydrogen) atoms. The molecule has 1 aliphatic rings. The third kappa shape index (κ3) is 4.32. The van der Waals surface area contributed by atoms with E-state index in [4.69, 9.17) is 4.52 Å². The standard InChI is InChI=1S/C25H35O3P/c1-18(2)21-16-15-19(3)17-23(21)28-29(27,24-14-10-9-13-22(24)26)25(4,5)20-11-7-6-8-12-20/h6-14,18-19,21,23,26H,15-17H2,1-5H3/t19-,21+,23-,29?/m1/s1. The molecule has 0 heterocycles.